The van der Waals surface area contributed by atoms with E-state index in [9.17, 15) is 4.79 Å². The van der Waals surface area contributed by atoms with Crippen LogP contribution in [0, 0.1) is 0 Å². The molecule has 0 bridgehead atoms. The second-order valence-electron chi connectivity index (χ2n) is 3.74. The van der Waals surface area contributed by atoms with E-state index in [1.54, 1.807) is 0 Å². The van der Waals surface area contributed by atoms with Crippen LogP contribution in [0.5, 0.6) is 0 Å². The number of nitrogens with two attached hydrogens (primary N) is 1. The zero-order valence-corrected chi connectivity index (χ0v) is 9.23. The number of primary amides is 1. The van der Waals surface area contributed by atoms with Crippen LogP contribution in [0.2, 0.25) is 0 Å². The molecule has 0 fully saturated rings. The smallest absolute Gasteiger partial charge is 0.217 e. The van der Waals surface area contributed by atoms with Gasteiger partial charge in [-0.2, -0.15) is 0 Å². The molecule has 0 radical (unpaired) electrons. The highest BCUT2D eigenvalue weighted by Crippen LogP contribution is 2.09. The molecule has 2 N–H and O–H groups in total. The SMILES string of the molecule is CN(C)c1ccc(CCCC(N)=O)cn1. The lowest BCUT2D eigenvalue weighted by Gasteiger charge is -2.10. The quantitative estimate of drug-likeness (QED) is 0.782. The number of aryl methyl sites for hydroxylation is 1. The average molecular weight is 207 g/mol. The molecule has 4 heteroatoms. The van der Waals surface area contributed by atoms with Crippen LogP contribution in [-0.2, 0) is 11.2 Å². The summed E-state index contributed by atoms with van der Waals surface area (Å²) < 4.78 is 0. The lowest BCUT2D eigenvalue weighted by molar-refractivity contribution is -0.118. The molecule has 0 atom stereocenters. The first-order chi connectivity index (χ1) is 7.09. The predicted octanol–water partition coefficient (Wildman–Crippen LogP) is 0.956. The van der Waals surface area contributed by atoms with Crippen molar-refractivity contribution < 1.29 is 4.79 Å². The number of hydrogen-bond acceptors (Lipinski definition) is 3. The maximum atomic E-state index is 10.5. The van der Waals surface area contributed by atoms with Gasteiger partial charge >= 0.3 is 0 Å². The van der Waals surface area contributed by atoms with E-state index >= 15 is 0 Å². The van der Waals surface area contributed by atoms with Crippen molar-refractivity contribution in [2.45, 2.75) is 19.3 Å². The van der Waals surface area contributed by atoms with Crippen LogP contribution in [0.15, 0.2) is 18.3 Å². The van der Waals surface area contributed by atoms with Crippen molar-refractivity contribution >= 4 is 11.7 Å². The topological polar surface area (TPSA) is 59.2 Å². The summed E-state index contributed by atoms with van der Waals surface area (Å²) in [6, 6.07) is 4.00. The van der Waals surface area contributed by atoms with Crippen LogP contribution in [0.4, 0.5) is 5.82 Å². The maximum Gasteiger partial charge on any atom is 0.217 e. The van der Waals surface area contributed by atoms with Gasteiger partial charge in [-0.25, -0.2) is 4.98 Å². The summed E-state index contributed by atoms with van der Waals surface area (Å²) in [6.07, 6.45) is 3.92. The Balaban J connectivity index is 2.46. The number of aromatic nitrogens is 1. The Bertz CT molecular complexity index is 319. The van der Waals surface area contributed by atoms with Crippen molar-refractivity contribution in [3.8, 4) is 0 Å². The van der Waals surface area contributed by atoms with Crippen LogP contribution in [-0.4, -0.2) is 25.0 Å². The fourth-order valence-electron chi connectivity index (χ4n) is 1.30. The molecule has 1 rings (SSSR count). The Morgan fingerprint density at radius 1 is 1.47 bits per heavy atom. The Morgan fingerprint density at radius 3 is 2.67 bits per heavy atom. The lowest BCUT2D eigenvalue weighted by atomic mass is 10.1. The van der Waals surface area contributed by atoms with Crippen LogP contribution in [0.1, 0.15) is 18.4 Å². The van der Waals surface area contributed by atoms with Gasteiger partial charge in [-0.3, -0.25) is 4.79 Å². The molecule has 0 aliphatic heterocycles. The molecule has 15 heavy (non-hydrogen) atoms. The van der Waals surface area contributed by atoms with Gasteiger partial charge in [0.1, 0.15) is 5.82 Å². The molecule has 0 aliphatic rings. The summed E-state index contributed by atoms with van der Waals surface area (Å²) >= 11 is 0. The van der Waals surface area contributed by atoms with Crippen LogP contribution in [0.3, 0.4) is 0 Å². The minimum atomic E-state index is -0.243. The number of anilines is 1. The summed E-state index contributed by atoms with van der Waals surface area (Å²) in [4.78, 5) is 16.8. The zero-order chi connectivity index (χ0) is 11.3. The van der Waals surface area contributed by atoms with Crippen molar-refractivity contribution in [2.24, 2.45) is 5.73 Å². The molecule has 0 unspecified atom stereocenters. The number of rotatable bonds is 5. The summed E-state index contributed by atoms with van der Waals surface area (Å²) in [6.45, 7) is 0. The van der Waals surface area contributed by atoms with Gasteiger partial charge < -0.3 is 10.6 Å². The van der Waals surface area contributed by atoms with Gasteiger partial charge in [-0.05, 0) is 24.5 Å². The van der Waals surface area contributed by atoms with Gasteiger partial charge in [-0.15, -0.1) is 0 Å². The Morgan fingerprint density at radius 2 is 2.20 bits per heavy atom. The zero-order valence-electron chi connectivity index (χ0n) is 9.23. The molecule has 82 valence electrons. The van der Waals surface area contributed by atoms with Crippen molar-refractivity contribution in [1.29, 1.82) is 0 Å². The Hall–Kier alpha value is -1.58. The third kappa shape index (κ3) is 3.97. The molecule has 1 amide bonds. The van der Waals surface area contributed by atoms with E-state index in [1.165, 1.54) is 0 Å². The summed E-state index contributed by atoms with van der Waals surface area (Å²) in [5.41, 5.74) is 6.20. The van der Waals surface area contributed by atoms with Gasteiger partial charge in [0, 0.05) is 26.7 Å². The number of pyridine rings is 1. The first-order valence-corrected chi connectivity index (χ1v) is 5.00. The van der Waals surface area contributed by atoms with Crippen molar-refractivity contribution in [3.05, 3.63) is 23.9 Å². The molecular formula is C11H17N3O. The van der Waals surface area contributed by atoms with E-state index in [4.69, 9.17) is 5.73 Å². The number of carbonyl (C=O) groups excluding carboxylic acids is 1. The summed E-state index contributed by atoms with van der Waals surface area (Å²) in [5, 5.41) is 0. The molecule has 1 heterocycles. The number of amides is 1. The van der Waals surface area contributed by atoms with E-state index < -0.39 is 0 Å². The molecule has 0 aromatic carbocycles. The van der Waals surface area contributed by atoms with Gasteiger partial charge in [0.05, 0.1) is 0 Å². The molecule has 0 aliphatic carbocycles. The van der Waals surface area contributed by atoms with Gasteiger partial charge in [0.25, 0.3) is 0 Å². The number of hydrogen-bond donors (Lipinski definition) is 1. The van der Waals surface area contributed by atoms with Crippen molar-refractivity contribution in [3.63, 3.8) is 0 Å². The van der Waals surface area contributed by atoms with Crippen LogP contribution >= 0.6 is 0 Å². The third-order valence-electron chi connectivity index (χ3n) is 2.16. The average Bonchev–Trinajstić information content (AvgIpc) is 2.18. The number of nitrogens with zero attached hydrogens (tertiary/aromatic N) is 2. The number of carbonyl (C=O) groups is 1. The molecular weight excluding hydrogens is 190 g/mol. The van der Waals surface area contributed by atoms with E-state index in [-0.39, 0.29) is 5.91 Å². The normalized spacial score (nSPS) is 10.0. The summed E-state index contributed by atoms with van der Waals surface area (Å²) in [7, 11) is 3.91. The van der Waals surface area contributed by atoms with Gasteiger partial charge in [0.2, 0.25) is 5.91 Å². The van der Waals surface area contributed by atoms with Crippen LogP contribution in [0.25, 0.3) is 0 Å². The molecule has 1 aromatic heterocycles. The standard InChI is InChI=1S/C11H17N3O/c1-14(2)11-7-6-9(8-13-11)4-3-5-10(12)15/h6-8H,3-5H2,1-2H3,(H2,12,15). The Labute approximate surface area is 90.1 Å². The largest absolute Gasteiger partial charge is 0.370 e. The van der Waals surface area contributed by atoms with Gasteiger partial charge in [-0.1, -0.05) is 6.07 Å². The maximum absolute atomic E-state index is 10.5. The highest BCUT2D eigenvalue weighted by Gasteiger charge is 1.99. The fraction of sp³-hybridized carbons (Fsp3) is 0.455. The molecule has 0 saturated heterocycles. The van der Waals surface area contributed by atoms with Crippen LogP contribution < -0.4 is 10.6 Å². The van der Waals surface area contributed by atoms with E-state index in [1.807, 2.05) is 37.3 Å². The minimum absolute atomic E-state index is 0.243. The monoisotopic (exact) mass is 207 g/mol. The molecule has 4 nitrogen and oxygen atoms in total. The molecule has 1 aromatic rings. The second-order valence-corrected chi connectivity index (χ2v) is 3.74. The highest BCUT2D eigenvalue weighted by molar-refractivity contribution is 5.73. The highest BCUT2D eigenvalue weighted by atomic mass is 16.1. The fourth-order valence-corrected chi connectivity index (χ4v) is 1.30. The lowest BCUT2D eigenvalue weighted by Crippen LogP contribution is -2.11. The van der Waals surface area contributed by atoms with Crippen molar-refractivity contribution in [1.82, 2.24) is 4.98 Å². The van der Waals surface area contributed by atoms with E-state index in [2.05, 4.69) is 4.98 Å². The molecule has 0 saturated carbocycles. The second kappa shape index (κ2) is 5.34. The predicted molar refractivity (Wildman–Crippen MR) is 60.7 cm³/mol. The molecule has 0 spiro atoms. The first kappa shape index (κ1) is 11.5. The summed E-state index contributed by atoms with van der Waals surface area (Å²) in [5.74, 6) is 0.696. The first-order valence-electron chi connectivity index (χ1n) is 5.00. The minimum Gasteiger partial charge on any atom is -0.370 e. The third-order valence-corrected chi connectivity index (χ3v) is 2.16. The van der Waals surface area contributed by atoms with Crippen molar-refractivity contribution in [2.75, 3.05) is 19.0 Å². The van der Waals surface area contributed by atoms with E-state index in [0.717, 1.165) is 24.2 Å². The van der Waals surface area contributed by atoms with Gasteiger partial charge in [0.15, 0.2) is 0 Å². The Kier molecular flexibility index (Phi) is 4.09. The van der Waals surface area contributed by atoms with E-state index in [0.29, 0.717) is 6.42 Å².